The van der Waals surface area contributed by atoms with Crippen LogP contribution < -0.4 is 5.32 Å². The van der Waals surface area contributed by atoms with Crippen LogP contribution in [0.2, 0.25) is 0 Å². The number of nitrogens with one attached hydrogen (secondary N) is 1. The van der Waals surface area contributed by atoms with Gasteiger partial charge in [0.1, 0.15) is 0 Å². The van der Waals surface area contributed by atoms with E-state index >= 15 is 0 Å². The SMILES string of the molecule is CNC1CCCc2c1cc1c3c(cccc23)CC1. The van der Waals surface area contributed by atoms with E-state index in [1.165, 1.54) is 37.5 Å². The minimum absolute atomic E-state index is 0.568. The molecule has 2 aromatic carbocycles. The lowest BCUT2D eigenvalue weighted by molar-refractivity contribution is 0.498. The molecule has 18 heavy (non-hydrogen) atoms. The van der Waals surface area contributed by atoms with E-state index in [1.54, 1.807) is 27.6 Å². The van der Waals surface area contributed by atoms with Gasteiger partial charge in [-0.05, 0) is 72.2 Å². The second-order valence-electron chi connectivity index (χ2n) is 5.68. The maximum atomic E-state index is 3.49. The van der Waals surface area contributed by atoms with Crippen molar-refractivity contribution in [3.05, 3.63) is 46.5 Å². The summed E-state index contributed by atoms with van der Waals surface area (Å²) < 4.78 is 0. The van der Waals surface area contributed by atoms with Crippen LogP contribution in [-0.4, -0.2) is 7.05 Å². The second kappa shape index (κ2) is 3.83. The monoisotopic (exact) mass is 237 g/mol. The molecular weight excluding hydrogens is 218 g/mol. The van der Waals surface area contributed by atoms with Crippen LogP contribution >= 0.6 is 0 Å². The van der Waals surface area contributed by atoms with Crippen LogP contribution in [0.15, 0.2) is 24.3 Å². The van der Waals surface area contributed by atoms with Crippen molar-refractivity contribution in [2.75, 3.05) is 7.05 Å². The summed E-state index contributed by atoms with van der Waals surface area (Å²) in [4.78, 5) is 0. The van der Waals surface area contributed by atoms with Crippen molar-refractivity contribution in [1.29, 1.82) is 0 Å². The normalized spacial score (nSPS) is 21.3. The molecule has 0 aliphatic heterocycles. The molecule has 0 saturated carbocycles. The Bertz CT molecular complexity index is 627. The predicted molar refractivity (Wildman–Crippen MR) is 76.1 cm³/mol. The lowest BCUT2D eigenvalue weighted by atomic mass is 9.83. The topological polar surface area (TPSA) is 12.0 Å². The van der Waals surface area contributed by atoms with E-state index in [0.717, 1.165) is 0 Å². The van der Waals surface area contributed by atoms with Gasteiger partial charge in [0.25, 0.3) is 0 Å². The third-order valence-electron chi connectivity index (χ3n) is 4.78. The second-order valence-corrected chi connectivity index (χ2v) is 5.68. The van der Waals surface area contributed by atoms with Gasteiger partial charge in [-0.25, -0.2) is 0 Å². The zero-order valence-corrected chi connectivity index (χ0v) is 10.9. The maximum Gasteiger partial charge on any atom is 0.0320 e. The Kier molecular flexibility index (Phi) is 2.25. The first-order valence-electron chi connectivity index (χ1n) is 7.12. The Morgan fingerprint density at radius 3 is 2.89 bits per heavy atom. The summed E-state index contributed by atoms with van der Waals surface area (Å²) in [5.74, 6) is 0. The highest BCUT2D eigenvalue weighted by molar-refractivity contribution is 5.94. The first-order valence-corrected chi connectivity index (χ1v) is 7.12. The zero-order valence-electron chi connectivity index (χ0n) is 10.9. The van der Waals surface area contributed by atoms with Crippen LogP contribution in [0, 0.1) is 0 Å². The summed E-state index contributed by atoms with van der Waals surface area (Å²) in [5.41, 5.74) is 6.34. The number of benzene rings is 2. The van der Waals surface area contributed by atoms with E-state index in [2.05, 4.69) is 36.6 Å². The van der Waals surface area contributed by atoms with Crippen LogP contribution in [0.5, 0.6) is 0 Å². The van der Waals surface area contributed by atoms with E-state index in [1.807, 2.05) is 0 Å². The summed E-state index contributed by atoms with van der Waals surface area (Å²) in [6.07, 6.45) is 6.33. The quantitative estimate of drug-likeness (QED) is 0.800. The molecular formula is C17H19N. The average molecular weight is 237 g/mol. The van der Waals surface area contributed by atoms with Gasteiger partial charge in [-0.3, -0.25) is 0 Å². The van der Waals surface area contributed by atoms with Crippen molar-refractivity contribution < 1.29 is 0 Å². The fourth-order valence-corrected chi connectivity index (χ4v) is 3.94. The van der Waals surface area contributed by atoms with Gasteiger partial charge in [0.2, 0.25) is 0 Å². The Labute approximate surface area is 108 Å². The van der Waals surface area contributed by atoms with Gasteiger partial charge in [-0.2, -0.15) is 0 Å². The third kappa shape index (κ3) is 1.31. The number of hydrogen-bond donors (Lipinski definition) is 1. The Morgan fingerprint density at radius 2 is 2.00 bits per heavy atom. The van der Waals surface area contributed by atoms with E-state index in [9.17, 15) is 0 Å². The number of hydrogen-bond acceptors (Lipinski definition) is 1. The molecule has 1 N–H and O–H groups in total. The molecule has 0 saturated heterocycles. The molecule has 1 unspecified atom stereocenters. The number of rotatable bonds is 1. The molecule has 0 radical (unpaired) electrons. The minimum atomic E-state index is 0.568. The molecule has 2 aliphatic carbocycles. The van der Waals surface area contributed by atoms with Gasteiger partial charge in [0.15, 0.2) is 0 Å². The van der Waals surface area contributed by atoms with Gasteiger partial charge in [0.05, 0.1) is 0 Å². The van der Waals surface area contributed by atoms with Gasteiger partial charge >= 0.3 is 0 Å². The lowest BCUT2D eigenvalue weighted by Gasteiger charge is -2.27. The van der Waals surface area contributed by atoms with E-state index in [0.29, 0.717) is 6.04 Å². The molecule has 92 valence electrons. The largest absolute Gasteiger partial charge is 0.313 e. The predicted octanol–water partition coefficient (Wildman–Crippen LogP) is 3.54. The molecule has 1 heteroatoms. The van der Waals surface area contributed by atoms with Crippen LogP contribution in [0.3, 0.4) is 0 Å². The molecule has 2 aromatic rings. The first-order chi connectivity index (χ1) is 8.88. The maximum absolute atomic E-state index is 3.49. The van der Waals surface area contributed by atoms with Gasteiger partial charge in [-0.1, -0.05) is 24.3 Å². The number of aryl methyl sites for hydroxylation is 3. The summed E-state index contributed by atoms with van der Waals surface area (Å²) in [6, 6.07) is 9.96. The summed E-state index contributed by atoms with van der Waals surface area (Å²) in [5, 5.41) is 6.61. The molecule has 0 aromatic heterocycles. The highest BCUT2D eigenvalue weighted by atomic mass is 14.9. The van der Waals surface area contributed by atoms with Crippen LogP contribution in [-0.2, 0) is 19.3 Å². The molecule has 0 bridgehead atoms. The van der Waals surface area contributed by atoms with Gasteiger partial charge < -0.3 is 5.32 Å². The van der Waals surface area contributed by atoms with Crippen molar-refractivity contribution in [3.63, 3.8) is 0 Å². The molecule has 0 fully saturated rings. The Balaban J connectivity index is 2.07. The zero-order chi connectivity index (χ0) is 12.1. The average Bonchev–Trinajstić information content (AvgIpc) is 2.83. The van der Waals surface area contributed by atoms with Crippen molar-refractivity contribution in [2.45, 2.75) is 38.1 Å². The highest BCUT2D eigenvalue weighted by Crippen LogP contribution is 2.40. The highest BCUT2D eigenvalue weighted by Gasteiger charge is 2.24. The minimum Gasteiger partial charge on any atom is -0.313 e. The number of fused-ring (bicyclic) bond motifs is 2. The molecule has 2 aliphatic rings. The molecule has 1 atom stereocenters. The lowest BCUT2D eigenvalue weighted by Crippen LogP contribution is -2.22. The summed E-state index contributed by atoms with van der Waals surface area (Å²) >= 11 is 0. The molecule has 1 nitrogen and oxygen atoms in total. The molecule has 0 heterocycles. The Morgan fingerprint density at radius 1 is 1.11 bits per heavy atom. The fourth-order valence-electron chi connectivity index (χ4n) is 3.94. The van der Waals surface area contributed by atoms with E-state index in [4.69, 9.17) is 0 Å². The van der Waals surface area contributed by atoms with E-state index in [-0.39, 0.29) is 0 Å². The van der Waals surface area contributed by atoms with Crippen molar-refractivity contribution in [2.24, 2.45) is 0 Å². The molecule has 0 amide bonds. The standard InChI is InChI=1S/C17H19N/c1-18-16-7-3-5-13-14-6-2-4-11-8-9-12(17(11)14)10-15(13)16/h2,4,6,10,16,18H,3,5,7-9H2,1H3. The van der Waals surface area contributed by atoms with Crippen LogP contribution in [0.1, 0.15) is 41.1 Å². The van der Waals surface area contributed by atoms with Crippen molar-refractivity contribution >= 4 is 10.8 Å². The third-order valence-corrected chi connectivity index (χ3v) is 4.78. The fraction of sp³-hybridized carbons (Fsp3) is 0.412. The van der Waals surface area contributed by atoms with Crippen LogP contribution in [0.25, 0.3) is 10.8 Å². The Hall–Kier alpha value is -1.34. The van der Waals surface area contributed by atoms with E-state index < -0.39 is 0 Å². The van der Waals surface area contributed by atoms with Crippen LogP contribution in [0.4, 0.5) is 0 Å². The van der Waals surface area contributed by atoms with Crippen molar-refractivity contribution in [3.8, 4) is 0 Å². The van der Waals surface area contributed by atoms with Gasteiger partial charge in [-0.15, -0.1) is 0 Å². The summed E-state index contributed by atoms with van der Waals surface area (Å²) in [6.45, 7) is 0. The summed E-state index contributed by atoms with van der Waals surface area (Å²) in [7, 11) is 2.10. The molecule has 0 spiro atoms. The van der Waals surface area contributed by atoms with Gasteiger partial charge in [0, 0.05) is 6.04 Å². The smallest absolute Gasteiger partial charge is 0.0320 e. The molecule has 4 rings (SSSR count). The van der Waals surface area contributed by atoms with Crippen molar-refractivity contribution in [1.82, 2.24) is 5.32 Å². The first kappa shape index (κ1) is 10.6.